The molecule has 2 aromatic rings. The third-order valence-electron chi connectivity index (χ3n) is 7.23. The molecule has 3 aliphatic rings. The Morgan fingerprint density at radius 1 is 0.857 bits per heavy atom. The van der Waals surface area contributed by atoms with E-state index in [1.54, 1.807) is 12.1 Å². The molecule has 35 heavy (non-hydrogen) atoms. The van der Waals surface area contributed by atoms with Gasteiger partial charge in [-0.2, -0.15) is 0 Å². The Hall–Kier alpha value is -3.21. The number of carbonyl (C=O) groups excluding carboxylic acids is 2. The number of dihydropyridines is 1. The molecular formula is C30H32FNO3. The maximum absolute atomic E-state index is 13.5. The van der Waals surface area contributed by atoms with Gasteiger partial charge in [0.05, 0.1) is 0 Å². The van der Waals surface area contributed by atoms with Gasteiger partial charge < -0.3 is 10.1 Å². The number of hydrogen-bond donors (Lipinski definition) is 1. The van der Waals surface area contributed by atoms with Gasteiger partial charge in [0.2, 0.25) is 0 Å². The number of allylic oxidation sites excluding steroid dienone is 4. The van der Waals surface area contributed by atoms with Crippen LogP contribution in [0.3, 0.4) is 0 Å². The Morgan fingerprint density at radius 3 is 2.00 bits per heavy atom. The maximum atomic E-state index is 13.5. The van der Waals surface area contributed by atoms with Crippen LogP contribution in [-0.4, -0.2) is 11.6 Å². The lowest BCUT2D eigenvalue weighted by atomic mass is 9.64. The van der Waals surface area contributed by atoms with Crippen LogP contribution < -0.4 is 10.1 Å². The van der Waals surface area contributed by atoms with Crippen molar-refractivity contribution >= 4 is 11.6 Å². The van der Waals surface area contributed by atoms with E-state index in [-0.39, 0.29) is 34.1 Å². The Balaban J connectivity index is 1.54. The number of hydrogen-bond acceptors (Lipinski definition) is 4. The summed E-state index contributed by atoms with van der Waals surface area (Å²) in [7, 11) is 0. The van der Waals surface area contributed by atoms with E-state index in [4.69, 9.17) is 4.74 Å². The number of ether oxygens (including phenoxy) is 1. The summed E-state index contributed by atoms with van der Waals surface area (Å²) in [5.41, 5.74) is 4.88. The molecule has 1 aliphatic heterocycles. The fourth-order valence-electron chi connectivity index (χ4n) is 5.75. The van der Waals surface area contributed by atoms with E-state index in [0.717, 1.165) is 46.5 Å². The van der Waals surface area contributed by atoms with Gasteiger partial charge in [-0.1, -0.05) is 52.0 Å². The number of halogens is 1. The minimum atomic E-state index is -0.386. The molecule has 182 valence electrons. The van der Waals surface area contributed by atoms with Gasteiger partial charge in [0.1, 0.15) is 18.2 Å². The van der Waals surface area contributed by atoms with Crippen LogP contribution in [0.15, 0.2) is 71.1 Å². The average Bonchev–Trinajstić information content (AvgIpc) is 2.76. The van der Waals surface area contributed by atoms with Crippen LogP contribution in [0.4, 0.5) is 4.39 Å². The second-order valence-corrected chi connectivity index (χ2v) is 11.7. The van der Waals surface area contributed by atoms with E-state index in [2.05, 4.69) is 33.0 Å². The summed E-state index contributed by atoms with van der Waals surface area (Å²) in [6, 6.07) is 13.9. The van der Waals surface area contributed by atoms with Gasteiger partial charge >= 0.3 is 0 Å². The molecule has 2 aliphatic carbocycles. The first-order chi connectivity index (χ1) is 16.5. The number of nitrogens with one attached hydrogen (secondary N) is 1. The summed E-state index contributed by atoms with van der Waals surface area (Å²) in [5, 5.41) is 3.55. The molecule has 1 heterocycles. The largest absolute Gasteiger partial charge is 0.489 e. The minimum absolute atomic E-state index is 0.107. The second-order valence-electron chi connectivity index (χ2n) is 11.7. The van der Waals surface area contributed by atoms with Gasteiger partial charge in [-0.05, 0) is 59.1 Å². The molecule has 0 fully saturated rings. The van der Waals surface area contributed by atoms with Crippen LogP contribution in [0, 0.1) is 16.6 Å². The topological polar surface area (TPSA) is 55.4 Å². The van der Waals surface area contributed by atoms with Crippen molar-refractivity contribution in [1.29, 1.82) is 0 Å². The number of ketones is 2. The molecule has 2 aromatic carbocycles. The van der Waals surface area contributed by atoms with E-state index in [1.165, 1.54) is 12.1 Å². The maximum Gasteiger partial charge on any atom is 0.162 e. The van der Waals surface area contributed by atoms with Gasteiger partial charge in [0.15, 0.2) is 11.6 Å². The fraction of sp³-hybridized carbons (Fsp3) is 0.400. The van der Waals surface area contributed by atoms with Crippen molar-refractivity contribution in [2.24, 2.45) is 10.8 Å². The van der Waals surface area contributed by atoms with E-state index in [1.807, 2.05) is 24.3 Å². The van der Waals surface area contributed by atoms with Gasteiger partial charge in [-0.3, -0.25) is 9.59 Å². The minimum Gasteiger partial charge on any atom is -0.489 e. The van der Waals surface area contributed by atoms with Crippen LogP contribution in [0.1, 0.15) is 70.4 Å². The summed E-state index contributed by atoms with van der Waals surface area (Å²) < 4.78 is 19.2. The van der Waals surface area contributed by atoms with E-state index >= 15 is 0 Å². The van der Waals surface area contributed by atoms with Crippen molar-refractivity contribution in [3.63, 3.8) is 0 Å². The third kappa shape index (κ3) is 4.69. The van der Waals surface area contributed by atoms with Gasteiger partial charge in [0, 0.05) is 41.3 Å². The molecule has 1 N–H and O–H groups in total. The molecule has 5 rings (SSSR count). The van der Waals surface area contributed by atoms with Crippen LogP contribution in [0.5, 0.6) is 5.75 Å². The van der Waals surface area contributed by atoms with Crippen LogP contribution in [0.2, 0.25) is 0 Å². The first kappa shape index (κ1) is 23.5. The normalized spacial score (nSPS) is 21.4. The summed E-state index contributed by atoms with van der Waals surface area (Å²) in [4.78, 5) is 26.9. The summed E-state index contributed by atoms with van der Waals surface area (Å²) in [5.74, 6) is 0.200. The standard InChI is InChI=1S/C30H32FNO3/c1-29(2)13-22-27(24(33)15-29)26(28-23(32-22)14-30(3,4)16-25(28)34)19-6-5-7-21(12-19)35-17-18-8-10-20(31)11-9-18/h5-12,26,32H,13-17H2,1-4H3. The lowest BCUT2D eigenvalue weighted by molar-refractivity contribution is -0.119. The first-order valence-corrected chi connectivity index (χ1v) is 12.3. The molecular weight excluding hydrogens is 441 g/mol. The molecule has 0 saturated carbocycles. The average molecular weight is 474 g/mol. The third-order valence-corrected chi connectivity index (χ3v) is 7.23. The molecule has 0 atom stereocenters. The molecule has 0 amide bonds. The summed E-state index contributed by atoms with van der Waals surface area (Å²) >= 11 is 0. The number of rotatable bonds is 4. The lowest BCUT2D eigenvalue weighted by Crippen LogP contribution is -2.42. The predicted molar refractivity (Wildman–Crippen MR) is 133 cm³/mol. The monoisotopic (exact) mass is 473 g/mol. The molecule has 5 heteroatoms. The molecule has 0 aromatic heterocycles. The molecule has 0 saturated heterocycles. The Kier molecular flexibility index (Phi) is 5.70. The Bertz CT molecular complexity index is 1210. The van der Waals surface area contributed by atoms with Crippen LogP contribution in [0.25, 0.3) is 0 Å². The molecule has 4 nitrogen and oxygen atoms in total. The zero-order chi connectivity index (χ0) is 25.0. The number of Topliss-reactive ketones (excluding diaryl/α,β-unsaturated/α-hetero) is 2. The van der Waals surface area contributed by atoms with Crippen molar-refractivity contribution in [3.8, 4) is 5.75 Å². The van der Waals surface area contributed by atoms with E-state index in [9.17, 15) is 14.0 Å². The highest BCUT2D eigenvalue weighted by molar-refractivity contribution is 6.06. The van der Waals surface area contributed by atoms with E-state index in [0.29, 0.717) is 25.2 Å². The highest BCUT2D eigenvalue weighted by atomic mass is 19.1. The quantitative estimate of drug-likeness (QED) is 0.560. The predicted octanol–water partition coefficient (Wildman–Crippen LogP) is 6.38. The SMILES string of the molecule is CC1(C)CC(=O)C2=C(C1)NC1=C(C(=O)CC(C)(C)C1)C2c1cccc(OCc2ccc(F)cc2)c1. The van der Waals surface area contributed by atoms with Crippen molar-refractivity contribution in [2.75, 3.05) is 0 Å². The van der Waals surface area contributed by atoms with Gasteiger partial charge in [-0.15, -0.1) is 0 Å². The van der Waals surface area contributed by atoms with Gasteiger partial charge in [0.25, 0.3) is 0 Å². The second kappa shape index (κ2) is 8.47. The smallest absolute Gasteiger partial charge is 0.162 e. The Morgan fingerprint density at radius 2 is 1.43 bits per heavy atom. The highest BCUT2D eigenvalue weighted by Gasteiger charge is 2.46. The van der Waals surface area contributed by atoms with Crippen molar-refractivity contribution < 1.29 is 18.7 Å². The number of benzene rings is 2. The summed E-state index contributed by atoms with van der Waals surface area (Å²) in [6.45, 7) is 8.78. The zero-order valence-electron chi connectivity index (χ0n) is 20.8. The molecule has 0 spiro atoms. The van der Waals surface area contributed by atoms with Crippen molar-refractivity contribution in [1.82, 2.24) is 5.32 Å². The lowest BCUT2D eigenvalue weighted by Gasteiger charge is -2.44. The first-order valence-electron chi connectivity index (χ1n) is 12.3. The Labute approximate surface area is 206 Å². The summed E-state index contributed by atoms with van der Waals surface area (Å²) in [6.07, 6.45) is 2.48. The fourth-order valence-corrected chi connectivity index (χ4v) is 5.75. The van der Waals surface area contributed by atoms with Crippen LogP contribution in [-0.2, 0) is 16.2 Å². The van der Waals surface area contributed by atoms with Crippen molar-refractivity contribution in [2.45, 2.75) is 65.9 Å². The molecule has 0 bridgehead atoms. The molecule has 0 radical (unpaired) electrons. The van der Waals surface area contributed by atoms with Gasteiger partial charge in [-0.25, -0.2) is 4.39 Å². The zero-order valence-corrected chi connectivity index (χ0v) is 20.8. The van der Waals surface area contributed by atoms with Crippen LogP contribution >= 0.6 is 0 Å². The molecule has 0 unspecified atom stereocenters. The van der Waals surface area contributed by atoms with Crippen molar-refractivity contribution in [3.05, 3.63) is 88.0 Å². The highest BCUT2D eigenvalue weighted by Crippen LogP contribution is 2.51. The van der Waals surface area contributed by atoms with E-state index < -0.39 is 0 Å². The number of carbonyl (C=O) groups is 2.